The summed E-state index contributed by atoms with van der Waals surface area (Å²) >= 11 is 0. The first-order chi connectivity index (χ1) is 9.31. The van der Waals surface area contributed by atoms with Crippen LogP contribution in [0.5, 0.6) is 0 Å². The number of hydrogen-bond donors (Lipinski definition) is 1. The average Bonchev–Trinajstić information content (AvgIpc) is 2.37. The number of rotatable bonds is 4. The van der Waals surface area contributed by atoms with E-state index in [1.54, 1.807) is 0 Å². The molecule has 2 heteroatoms. The normalized spacial score (nSPS) is 31.9. The maximum absolute atomic E-state index is 3.74. The summed E-state index contributed by atoms with van der Waals surface area (Å²) in [5, 5.41) is 3.74. The minimum absolute atomic E-state index is 0.768. The second-order valence-electron chi connectivity index (χ2n) is 6.82. The molecule has 2 fully saturated rings. The number of piperidine rings is 1. The lowest BCUT2D eigenvalue weighted by atomic mass is 9.89. The van der Waals surface area contributed by atoms with E-state index in [0.29, 0.717) is 0 Å². The molecular weight excluding hydrogens is 232 g/mol. The van der Waals surface area contributed by atoms with Gasteiger partial charge in [-0.3, -0.25) is 0 Å². The van der Waals surface area contributed by atoms with Crippen molar-refractivity contribution in [2.75, 3.05) is 19.6 Å². The summed E-state index contributed by atoms with van der Waals surface area (Å²) in [5.74, 6) is 0.825. The van der Waals surface area contributed by atoms with Gasteiger partial charge in [-0.15, -0.1) is 0 Å². The highest BCUT2D eigenvalue weighted by molar-refractivity contribution is 4.86. The summed E-state index contributed by atoms with van der Waals surface area (Å²) < 4.78 is 0. The smallest absolute Gasteiger partial charge is 0.0117 e. The summed E-state index contributed by atoms with van der Waals surface area (Å²) in [7, 11) is 0. The summed E-state index contributed by atoms with van der Waals surface area (Å²) in [5.41, 5.74) is 0. The third-order valence-electron chi connectivity index (χ3n) is 5.18. The molecule has 1 saturated heterocycles. The summed E-state index contributed by atoms with van der Waals surface area (Å²) in [6.07, 6.45) is 12.9. The zero-order valence-corrected chi connectivity index (χ0v) is 13.2. The van der Waals surface area contributed by atoms with Gasteiger partial charge in [0.2, 0.25) is 0 Å². The third kappa shape index (κ3) is 4.75. The van der Waals surface area contributed by atoms with Crippen molar-refractivity contribution in [3.8, 4) is 0 Å². The number of likely N-dealkylation sites (tertiary alicyclic amines) is 1. The molecule has 0 spiro atoms. The fraction of sp³-hybridized carbons (Fsp3) is 1.00. The van der Waals surface area contributed by atoms with Crippen molar-refractivity contribution in [3.63, 3.8) is 0 Å². The van der Waals surface area contributed by atoms with Crippen molar-refractivity contribution in [1.29, 1.82) is 0 Å². The van der Waals surface area contributed by atoms with Crippen LogP contribution in [0.25, 0.3) is 0 Å². The van der Waals surface area contributed by atoms with Crippen LogP contribution in [0.15, 0.2) is 0 Å². The van der Waals surface area contributed by atoms with E-state index in [1.807, 2.05) is 0 Å². The molecule has 1 N–H and O–H groups in total. The van der Waals surface area contributed by atoms with E-state index >= 15 is 0 Å². The molecule has 2 rings (SSSR count). The minimum atomic E-state index is 0.768. The van der Waals surface area contributed by atoms with Gasteiger partial charge in [-0.1, -0.05) is 46.0 Å². The van der Waals surface area contributed by atoms with Gasteiger partial charge in [-0.2, -0.15) is 0 Å². The lowest BCUT2D eigenvalue weighted by molar-refractivity contribution is 0.0892. The molecule has 1 aliphatic heterocycles. The summed E-state index contributed by atoms with van der Waals surface area (Å²) in [4.78, 5) is 2.82. The van der Waals surface area contributed by atoms with E-state index in [2.05, 4.69) is 24.1 Å². The van der Waals surface area contributed by atoms with Crippen molar-refractivity contribution >= 4 is 0 Å². The molecule has 0 aromatic heterocycles. The van der Waals surface area contributed by atoms with Crippen LogP contribution < -0.4 is 5.32 Å². The van der Waals surface area contributed by atoms with Crippen molar-refractivity contribution in [3.05, 3.63) is 0 Å². The Morgan fingerprint density at radius 2 is 1.68 bits per heavy atom. The van der Waals surface area contributed by atoms with Gasteiger partial charge in [0.05, 0.1) is 0 Å². The Labute approximate surface area is 120 Å². The quantitative estimate of drug-likeness (QED) is 0.832. The molecule has 0 amide bonds. The average molecular weight is 266 g/mol. The van der Waals surface area contributed by atoms with Crippen LogP contribution >= 0.6 is 0 Å². The largest absolute Gasteiger partial charge is 0.314 e. The van der Waals surface area contributed by atoms with E-state index in [1.165, 1.54) is 77.4 Å². The predicted octanol–water partition coefficient (Wildman–Crippen LogP) is 3.81. The van der Waals surface area contributed by atoms with E-state index in [0.717, 1.165) is 18.0 Å². The second kappa shape index (κ2) is 8.26. The maximum Gasteiger partial charge on any atom is 0.0117 e. The van der Waals surface area contributed by atoms with Gasteiger partial charge < -0.3 is 10.2 Å². The van der Waals surface area contributed by atoms with Crippen LogP contribution in [0.4, 0.5) is 0 Å². The Morgan fingerprint density at radius 3 is 2.32 bits per heavy atom. The molecule has 1 saturated carbocycles. The highest BCUT2D eigenvalue weighted by atomic mass is 15.2. The number of hydrogen-bond acceptors (Lipinski definition) is 2. The molecule has 0 radical (unpaired) electrons. The van der Waals surface area contributed by atoms with Gasteiger partial charge in [0.15, 0.2) is 0 Å². The Hall–Kier alpha value is -0.0800. The topological polar surface area (TPSA) is 15.3 Å². The van der Waals surface area contributed by atoms with Gasteiger partial charge in [0, 0.05) is 18.6 Å². The molecule has 0 aromatic carbocycles. The predicted molar refractivity (Wildman–Crippen MR) is 83.5 cm³/mol. The van der Waals surface area contributed by atoms with Crippen LogP contribution in [0, 0.1) is 5.92 Å². The van der Waals surface area contributed by atoms with Crippen LogP contribution in [-0.4, -0.2) is 36.6 Å². The monoisotopic (exact) mass is 266 g/mol. The van der Waals surface area contributed by atoms with Crippen LogP contribution in [0.3, 0.4) is 0 Å². The van der Waals surface area contributed by atoms with E-state index in [-0.39, 0.29) is 0 Å². The fourth-order valence-corrected chi connectivity index (χ4v) is 3.94. The van der Waals surface area contributed by atoms with E-state index in [9.17, 15) is 0 Å². The van der Waals surface area contributed by atoms with Crippen molar-refractivity contribution in [1.82, 2.24) is 10.2 Å². The van der Waals surface area contributed by atoms with Crippen LogP contribution in [-0.2, 0) is 0 Å². The summed E-state index contributed by atoms with van der Waals surface area (Å²) in [6, 6.07) is 1.67. The molecule has 1 aliphatic carbocycles. The Balaban J connectivity index is 1.79. The highest BCUT2D eigenvalue weighted by Crippen LogP contribution is 2.26. The van der Waals surface area contributed by atoms with Crippen molar-refractivity contribution < 1.29 is 0 Å². The van der Waals surface area contributed by atoms with Gasteiger partial charge >= 0.3 is 0 Å². The minimum Gasteiger partial charge on any atom is -0.314 e. The zero-order valence-electron chi connectivity index (χ0n) is 13.2. The number of nitrogens with one attached hydrogen (secondary N) is 1. The van der Waals surface area contributed by atoms with Crippen molar-refractivity contribution in [2.24, 2.45) is 5.92 Å². The molecule has 19 heavy (non-hydrogen) atoms. The van der Waals surface area contributed by atoms with Gasteiger partial charge in [0.25, 0.3) is 0 Å². The molecule has 2 aliphatic rings. The molecule has 1 heterocycles. The van der Waals surface area contributed by atoms with Gasteiger partial charge in [-0.25, -0.2) is 0 Å². The Bertz CT molecular complexity index is 233. The lowest BCUT2D eigenvalue weighted by Gasteiger charge is -2.42. The molecule has 2 unspecified atom stereocenters. The molecule has 0 aromatic rings. The first-order valence-corrected chi connectivity index (χ1v) is 8.78. The first kappa shape index (κ1) is 15.3. The second-order valence-corrected chi connectivity index (χ2v) is 6.82. The standard InChI is InChI=1S/C17H34N2/c1-3-12-18-17-11-13-19(14-15(17)2)16-9-7-5-4-6-8-10-16/h15-18H,3-14H2,1-2H3. The molecule has 0 bridgehead atoms. The zero-order chi connectivity index (χ0) is 13.5. The highest BCUT2D eigenvalue weighted by Gasteiger charge is 2.29. The summed E-state index contributed by atoms with van der Waals surface area (Å²) in [6.45, 7) is 8.56. The maximum atomic E-state index is 3.74. The van der Waals surface area contributed by atoms with Gasteiger partial charge in [-0.05, 0) is 44.7 Å². The van der Waals surface area contributed by atoms with E-state index < -0.39 is 0 Å². The Morgan fingerprint density at radius 1 is 1.00 bits per heavy atom. The number of nitrogens with zero attached hydrogens (tertiary/aromatic N) is 1. The van der Waals surface area contributed by atoms with Crippen LogP contribution in [0.1, 0.15) is 71.6 Å². The van der Waals surface area contributed by atoms with Gasteiger partial charge in [0.1, 0.15) is 0 Å². The van der Waals surface area contributed by atoms with E-state index in [4.69, 9.17) is 0 Å². The Kier molecular flexibility index (Phi) is 6.66. The SMILES string of the molecule is CCCNC1CCN(C2CCCCCCC2)CC1C. The molecule has 2 atom stereocenters. The van der Waals surface area contributed by atoms with Crippen LogP contribution in [0.2, 0.25) is 0 Å². The first-order valence-electron chi connectivity index (χ1n) is 8.78. The fourth-order valence-electron chi connectivity index (χ4n) is 3.94. The molecular formula is C17H34N2. The molecule has 2 nitrogen and oxygen atoms in total. The van der Waals surface area contributed by atoms with Crippen molar-refractivity contribution in [2.45, 2.75) is 83.7 Å². The lowest BCUT2D eigenvalue weighted by Crippen LogP contribution is -2.51. The third-order valence-corrected chi connectivity index (χ3v) is 5.18. The molecule has 112 valence electrons.